The Bertz CT molecular complexity index is 1300. The summed E-state index contributed by atoms with van der Waals surface area (Å²) in [5.41, 5.74) is 1.98. The molecular weight excluding hydrogens is 460 g/mol. The van der Waals surface area contributed by atoms with E-state index in [-0.39, 0.29) is 17.2 Å². The summed E-state index contributed by atoms with van der Waals surface area (Å²) in [5.74, 6) is 1.63. The number of hydrogen-bond acceptors (Lipinski definition) is 7. The number of fused-ring (bicyclic) bond motifs is 1. The van der Waals surface area contributed by atoms with Crippen molar-refractivity contribution in [3.63, 3.8) is 0 Å². The molecule has 1 amide bonds. The number of ether oxygens (including phenoxy) is 3. The van der Waals surface area contributed by atoms with Gasteiger partial charge in [-0.2, -0.15) is 4.31 Å². The van der Waals surface area contributed by atoms with Gasteiger partial charge in [0, 0.05) is 44.7 Å². The molecule has 0 unspecified atom stereocenters. The number of anilines is 1. The highest BCUT2D eigenvalue weighted by molar-refractivity contribution is 7.89. The number of aromatic nitrogens is 2. The van der Waals surface area contributed by atoms with E-state index in [0.717, 1.165) is 5.52 Å². The molecule has 0 saturated carbocycles. The lowest BCUT2D eigenvalue weighted by Crippen LogP contribution is -2.40. The minimum Gasteiger partial charge on any atom is -0.493 e. The van der Waals surface area contributed by atoms with Crippen molar-refractivity contribution in [3.05, 3.63) is 42.2 Å². The zero-order valence-electron chi connectivity index (χ0n) is 19.4. The first-order chi connectivity index (χ1) is 16.3. The van der Waals surface area contributed by atoms with Crippen molar-refractivity contribution in [3.8, 4) is 11.5 Å². The minimum atomic E-state index is -3.61. The molecule has 1 N–H and O–H groups in total. The molecule has 1 aromatic heterocycles. The monoisotopic (exact) mass is 488 g/mol. The van der Waals surface area contributed by atoms with Crippen LogP contribution in [-0.4, -0.2) is 68.7 Å². The van der Waals surface area contributed by atoms with E-state index < -0.39 is 10.0 Å². The number of carbonyl (C=O) groups excluding carboxylic acids is 1. The van der Waals surface area contributed by atoms with Crippen LogP contribution in [0, 0.1) is 0 Å². The van der Waals surface area contributed by atoms with Crippen LogP contribution in [0.2, 0.25) is 0 Å². The molecule has 0 spiro atoms. The quantitative estimate of drug-likeness (QED) is 0.517. The summed E-state index contributed by atoms with van der Waals surface area (Å²) in [6.45, 7) is 1.45. The lowest BCUT2D eigenvalue weighted by molar-refractivity contribution is -0.116. The van der Waals surface area contributed by atoms with E-state index in [2.05, 4.69) is 10.3 Å². The average molecular weight is 489 g/mol. The fourth-order valence-electron chi connectivity index (χ4n) is 3.91. The summed E-state index contributed by atoms with van der Waals surface area (Å²) in [4.78, 5) is 17.3. The van der Waals surface area contributed by atoms with Crippen LogP contribution in [0.3, 0.4) is 0 Å². The van der Waals surface area contributed by atoms with Gasteiger partial charge < -0.3 is 24.1 Å². The van der Waals surface area contributed by atoms with E-state index in [4.69, 9.17) is 14.2 Å². The summed E-state index contributed by atoms with van der Waals surface area (Å²) in [5, 5.41) is 2.85. The minimum absolute atomic E-state index is 0.171. The number of hydrogen-bond donors (Lipinski definition) is 1. The standard InChI is InChI=1S/C23H28N4O6S/c1-26-19-6-5-17(34(29,30)27-10-12-33-13-11-27)15-18(19)25-22(26)8-9-23(28)24-16-4-7-20(31-2)21(14-16)32-3/h4-7,14-15H,8-13H2,1-3H3,(H,24,28). The van der Waals surface area contributed by atoms with Gasteiger partial charge in [0.1, 0.15) is 5.82 Å². The van der Waals surface area contributed by atoms with Crippen LogP contribution in [0.4, 0.5) is 5.69 Å². The van der Waals surface area contributed by atoms with Crippen molar-refractivity contribution < 1.29 is 27.4 Å². The predicted molar refractivity (Wildman–Crippen MR) is 127 cm³/mol. The van der Waals surface area contributed by atoms with Crippen molar-refractivity contribution in [1.29, 1.82) is 0 Å². The first-order valence-electron chi connectivity index (χ1n) is 10.9. The number of nitrogens with zero attached hydrogens (tertiary/aromatic N) is 3. The predicted octanol–water partition coefficient (Wildman–Crippen LogP) is 2.18. The molecule has 1 fully saturated rings. The second-order valence-corrected chi connectivity index (χ2v) is 9.81. The van der Waals surface area contributed by atoms with E-state index in [9.17, 15) is 13.2 Å². The van der Waals surface area contributed by atoms with Crippen LogP contribution in [-0.2, 0) is 33.0 Å². The number of amides is 1. The zero-order valence-corrected chi connectivity index (χ0v) is 20.2. The normalized spacial score (nSPS) is 14.8. The molecule has 0 atom stereocenters. The summed E-state index contributed by atoms with van der Waals surface area (Å²) in [7, 11) is 1.33. The van der Waals surface area contributed by atoms with Crippen LogP contribution < -0.4 is 14.8 Å². The maximum atomic E-state index is 13.0. The third kappa shape index (κ3) is 4.86. The largest absolute Gasteiger partial charge is 0.493 e. The van der Waals surface area contributed by atoms with E-state index in [1.165, 1.54) is 11.4 Å². The Balaban J connectivity index is 1.46. The van der Waals surface area contributed by atoms with Crippen molar-refractivity contribution in [2.75, 3.05) is 45.8 Å². The van der Waals surface area contributed by atoms with Crippen molar-refractivity contribution in [2.24, 2.45) is 7.05 Å². The first kappa shape index (κ1) is 24.0. The molecule has 10 nitrogen and oxygen atoms in total. The van der Waals surface area contributed by atoms with Crippen LogP contribution >= 0.6 is 0 Å². The molecule has 2 aromatic carbocycles. The zero-order chi connectivity index (χ0) is 24.3. The Hall–Kier alpha value is -3.15. The van der Waals surface area contributed by atoms with E-state index in [1.807, 2.05) is 11.6 Å². The first-order valence-corrected chi connectivity index (χ1v) is 12.3. The number of nitrogens with one attached hydrogen (secondary N) is 1. The molecule has 3 aromatic rings. The summed E-state index contributed by atoms with van der Waals surface area (Å²) in [6, 6.07) is 10.1. The maximum Gasteiger partial charge on any atom is 0.243 e. The number of imidazole rings is 1. The topological polar surface area (TPSA) is 112 Å². The molecule has 1 aliphatic rings. The maximum absolute atomic E-state index is 13.0. The van der Waals surface area contributed by atoms with Gasteiger partial charge in [0.25, 0.3) is 0 Å². The molecule has 0 aliphatic carbocycles. The molecule has 0 bridgehead atoms. The van der Waals surface area contributed by atoms with Gasteiger partial charge in [0.05, 0.1) is 43.4 Å². The highest BCUT2D eigenvalue weighted by Crippen LogP contribution is 2.30. The number of sulfonamides is 1. The third-order valence-electron chi connectivity index (χ3n) is 5.80. The van der Waals surface area contributed by atoms with Gasteiger partial charge in [-0.15, -0.1) is 0 Å². The third-order valence-corrected chi connectivity index (χ3v) is 7.69. The summed E-state index contributed by atoms with van der Waals surface area (Å²) < 4.78 is 45.0. The molecule has 182 valence electrons. The number of carbonyl (C=O) groups is 1. The molecule has 0 radical (unpaired) electrons. The van der Waals surface area contributed by atoms with Crippen molar-refractivity contribution >= 4 is 32.7 Å². The molecule has 4 rings (SSSR count). The van der Waals surface area contributed by atoms with Crippen molar-refractivity contribution in [2.45, 2.75) is 17.7 Å². The molecule has 11 heteroatoms. The summed E-state index contributed by atoms with van der Waals surface area (Å²) in [6.07, 6.45) is 0.611. The second kappa shape index (κ2) is 10.00. The SMILES string of the molecule is COc1ccc(NC(=O)CCc2nc3cc(S(=O)(=O)N4CCOCC4)ccc3n2C)cc1OC. The Morgan fingerprint density at radius 2 is 1.82 bits per heavy atom. The van der Waals surface area contributed by atoms with Crippen LogP contribution in [0.5, 0.6) is 11.5 Å². The van der Waals surface area contributed by atoms with E-state index in [1.54, 1.807) is 43.5 Å². The number of rotatable bonds is 8. The molecule has 2 heterocycles. The number of aryl methyl sites for hydroxylation is 2. The van der Waals surface area contributed by atoms with E-state index >= 15 is 0 Å². The van der Waals surface area contributed by atoms with Gasteiger partial charge >= 0.3 is 0 Å². The lowest BCUT2D eigenvalue weighted by atomic mass is 10.2. The van der Waals surface area contributed by atoms with E-state index in [0.29, 0.717) is 61.3 Å². The Kier molecular flexibility index (Phi) is 7.05. The number of methoxy groups -OCH3 is 2. The van der Waals surface area contributed by atoms with Gasteiger partial charge in [0.2, 0.25) is 15.9 Å². The Morgan fingerprint density at radius 1 is 1.09 bits per heavy atom. The number of morpholine rings is 1. The molecular formula is C23H28N4O6S. The van der Waals surface area contributed by atoms with Crippen molar-refractivity contribution in [1.82, 2.24) is 13.9 Å². The fraction of sp³-hybridized carbons (Fsp3) is 0.391. The smallest absolute Gasteiger partial charge is 0.243 e. The molecule has 1 aliphatic heterocycles. The fourth-order valence-corrected chi connectivity index (χ4v) is 5.34. The summed E-state index contributed by atoms with van der Waals surface area (Å²) >= 11 is 0. The second-order valence-electron chi connectivity index (χ2n) is 7.87. The number of benzene rings is 2. The molecule has 1 saturated heterocycles. The van der Waals surface area contributed by atoms with Gasteiger partial charge in [-0.1, -0.05) is 0 Å². The highest BCUT2D eigenvalue weighted by atomic mass is 32.2. The van der Waals surface area contributed by atoms with Crippen LogP contribution in [0.15, 0.2) is 41.3 Å². The van der Waals surface area contributed by atoms with Crippen LogP contribution in [0.1, 0.15) is 12.2 Å². The van der Waals surface area contributed by atoms with Gasteiger partial charge in [-0.05, 0) is 30.3 Å². The van der Waals surface area contributed by atoms with Gasteiger partial charge in [-0.3, -0.25) is 4.79 Å². The average Bonchev–Trinajstić information content (AvgIpc) is 3.18. The Labute approximate surface area is 198 Å². The van der Waals surface area contributed by atoms with Gasteiger partial charge in [-0.25, -0.2) is 13.4 Å². The van der Waals surface area contributed by atoms with Gasteiger partial charge in [0.15, 0.2) is 11.5 Å². The highest BCUT2D eigenvalue weighted by Gasteiger charge is 2.27. The van der Waals surface area contributed by atoms with Crippen LogP contribution in [0.25, 0.3) is 11.0 Å². The lowest BCUT2D eigenvalue weighted by Gasteiger charge is -2.26. The molecule has 34 heavy (non-hydrogen) atoms. The Morgan fingerprint density at radius 3 is 2.53 bits per heavy atom.